The summed E-state index contributed by atoms with van der Waals surface area (Å²) >= 11 is 0. The van der Waals surface area contributed by atoms with Crippen molar-refractivity contribution in [2.75, 3.05) is 6.61 Å². The van der Waals surface area contributed by atoms with Crippen molar-refractivity contribution in [2.45, 2.75) is 6.92 Å². The van der Waals surface area contributed by atoms with Crippen LogP contribution < -0.4 is 0 Å². The van der Waals surface area contributed by atoms with E-state index < -0.39 is 11.8 Å². The van der Waals surface area contributed by atoms with Crippen molar-refractivity contribution in [1.82, 2.24) is 0 Å². The zero-order chi connectivity index (χ0) is 7.28. The lowest BCUT2D eigenvalue weighted by atomic mass is 10.6. The fraction of sp³-hybridized carbons (Fsp3) is 0.400. The monoisotopic (exact) mass is 126 g/mol. The van der Waals surface area contributed by atoms with Crippen molar-refractivity contribution in [3.8, 4) is 0 Å². The third-order valence-electron chi connectivity index (χ3n) is 0.581. The van der Waals surface area contributed by atoms with Crippen LogP contribution in [0, 0.1) is 12.0 Å². The Bertz CT molecular complexity index is 168. The lowest BCUT2D eigenvalue weighted by Gasteiger charge is -1.94. The first-order valence-corrected chi connectivity index (χ1v) is 2.35. The number of nitrogens with zero attached hydrogens (tertiary/aromatic N) is 1. The van der Waals surface area contributed by atoms with Gasteiger partial charge in [-0.25, -0.2) is 0 Å². The maximum atomic E-state index is 10.3. The second kappa shape index (κ2) is 3.61. The zero-order valence-electron chi connectivity index (χ0n) is 4.97. The Hall–Kier alpha value is -1.37. The summed E-state index contributed by atoms with van der Waals surface area (Å²) in [6.45, 7) is 8.04. The SMILES string of the molecule is [C-]#[N+]C(=N)C(=O)OCC. The van der Waals surface area contributed by atoms with E-state index in [1.54, 1.807) is 6.92 Å². The maximum absolute atomic E-state index is 10.3. The molecule has 0 bridgehead atoms. The van der Waals surface area contributed by atoms with Crippen molar-refractivity contribution in [1.29, 1.82) is 5.41 Å². The molecular weight excluding hydrogens is 120 g/mol. The van der Waals surface area contributed by atoms with E-state index in [4.69, 9.17) is 12.0 Å². The highest BCUT2D eigenvalue weighted by molar-refractivity contribution is 6.38. The number of rotatable bonds is 1. The quantitative estimate of drug-likeness (QED) is 0.240. The summed E-state index contributed by atoms with van der Waals surface area (Å²) in [7, 11) is 0. The van der Waals surface area contributed by atoms with Gasteiger partial charge >= 0.3 is 11.8 Å². The van der Waals surface area contributed by atoms with Gasteiger partial charge in [0.2, 0.25) is 0 Å². The second-order valence-electron chi connectivity index (χ2n) is 1.18. The van der Waals surface area contributed by atoms with Crippen molar-refractivity contribution < 1.29 is 9.53 Å². The molecule has 0 unspecified atom stereocenters. The summed E-state index contributed by atoms with van der Waals surface area (Å²) in [6, 6.07) is 0. The number of hydrogen-bond donors (Lipinski definition) is 1. The van der Waals surface area contributed by atoms with E-state index in [1.165, 1.54) is 0 Å². The van der Waals surface area contributed by atoms with Gasteiger partial charge in [-0.3, -0.25) is 4.79 Å². The number of ether oxygens (including phenoxy) is 1. The van der Waals surface area contributed by atoms with Gasteiger partial charge in [-0.2, -0.15) is 5.41 Å². The van der Waals surface area contributed by atoms with E-state index in [1.807, 2.05) is 0 Å². The number of carbonyl (C=O) groups is 1. The number of nitrogens with one attached hydrogen (secondary N) is 1. The predicted octanol–water partition coefficient (Wildman–Crippen LogP) is 0.446. The fourth-order valence-electron chi connectivity index (χ4n) is 0.245. The van der Waals surface area contributed by atoms with Crippen LogP contribution in [0.1, 0.15) is 6.92 Å². The molecule has 0 aliphatic rings. The summed E-state index contributed by atoms with van der Waals surface area (Å²) in [5, 5.41) is 6.62. The maximum Gasteiger partial charge on any atom is 0.355 e. The van der Waals surface area contributed by atoms with Gasteiger partial charge < -0.3 is 9.58 Å². The lowest BCUT2D eigenvalue weighted by molar-refractivity contribution is -0.135. The number of esters is 1. The van der Waals surface area contributed by atoms with Gasteiger partial charge in [-0.1, -0.05) is 6.57 Å². The third-order valence-corrected chi connectivity index (χ3v) is 0.581. The van der Waals surface area contributed by atoms with E-state index in [2.05, 4.69) is 9.58 Å². The number of carbonyl (C=O) groups excluding carboxylic acids is 1. The van der Waals surface area contributed by atoms with Crippen LogP contribution in [0.4, 0.5) is 0 Å². The number of amidine groups is 1. The van der Waals surface area contributed by atoms with E-state index in [-0.39, 0.29) is 6.61 Å². The molecule has 4 nitrogen and oxygen atoms in total. The summed E-state index contributed by atoms with van der Waals surface area (Å²) in [5.41, 5.74) is 0. The number of hydrogen-bond acceptors (Lipinski definition) is 3. The van der Waals surface area contributed by atoms with Gasteiger partial charge in [-0.05, 0) is 6.92 Å². The Labute approximate surface area is 52.8 Å². The first-order chi connectivity index (χ1) is 4.22. The highest BCUT2D eigenvalue weighted by Gasteiger charge is 2.06. The van der Waals surface area contributed by atoms with Gasteiger partial charge in [0, 0.05) is 0 Å². The summed E-state index contributed by atoms with van der Waals surface area (Å²) in [6.07, 6.45) is 0. The summed E-state index contributed by atoms with van der Waals surface area (Å²) in [5.74, 6) is -1.52. The summed E-state index contributed by atoms with van der Waals surface area (Å²) < 4.78 is 4.32. The molecule has 4 heteroatoms. The van der Waals surface area contributed by atoms with Crippen LogP contribution >= 0.6 is 0 Å². The zero-order valence-corrected chi connectivity index (χ0v) is 4.97. The Balaban J connectivity index is 3.78. The smallest absolute Gasteiger partial charge is 0.355 e. The molecular formula is C5H6N2O2. The van der Waals surface area contributed by atoms with Crippen LogP contribution in [-0.4, -0.2) is 18.4 Å². The van der Waals surface area contributed by atoms with E-state index >= 15 is 0 Å². The first-order valence-electron chi connectivity index (χ1n) is 2.35. The average molecular weight is 126 g/mol. The Morgan fingerprint density at radius 3 is 2.78 bits per heavy atom. The van der Waals surface area contributed by atoms with Crippen LogP contribution in [0.15, 0.2) is 0 Å². The largest absolute Gasteiger partial charge is 0.470 e. The molecule has 0 radical (unpaired) electrons. The van der Waals surface area contributed by atoms with Crippen molar-refractivity contribution in [3.05, 3.63) is 11.4 Å². The predicted molar refractivity (Wildman–Crippen MR) is 31.0 cm³/mol. The lowest BCUT2D eigenvalue weighted by Crippen LogP contribution is -2.12. The Morgan fingerprint density at radius 2 is 2.44 bits per heavy atom. The highest BCUT2D eigenvalue weighted by atomic mass is 16.5. The molecule has 9 heavy (non-hydrogen) atoms. The van der Waals surface area contributed by atoms with Crippen LogP contribution in [0.3, 0.4) is 0 Å². The molecule has 0 saturated carbocycles. The molecule has 0 aromatic heterocycles. The average Bonchev–Trinajstić information content (AvgIpc) is 1.87. The minimum atomic E-state index is -0.854. The normalized spacial score (nSPS) is 7.56. The van der Waals surface area contributed by atoms with Gasteiger partial charge in [0.25, 0.3) is 0 Å². The topological polar surface area (TPSA) is 54.5 Å². The van der Waals surface area contributed by atoms with E-state index in [0.29, 0.717) is 0 Å². The first kappa shape index (κ1) is 7.63. The molecule has 0 aliphatic carbocycles. The minimum absolute atomic E-state index is 0.205. The molecule has 0 aromatic rings. The van der Waals surface area contributed by atoms with Gasteiger partial charge in [-0.15, -0.1) is 0 Å². The molecule has 0 atom stereocenters. The van der Waals surface area contributed by atoms with E-state index in [9.17, 15) is 4.79 Å². The second-order valence-corrected chi connectivity index (χ2v) is 1.18. The Morgan fingerprint density at radius 1 is 1.89 bits per heavy atom. The molecule has 1 N–H and O–H groups in total. The Kier molecular flexibility index (Phi) is 3.06. The third kappa shape index (κ3) is 2.44. The van der Waals surface area contributed by atoms with Crippen molar-refractivity contribution in [2.24, 2.45) is 0 Å². The van der Waals surface area contributed by atoms with Gasteiger partial charge in [0.15, 0.2) is 0 Å². The molecule has 0 aliphatic heterocycles. The molecule has 0 saturated heterocycles. The van der Waals surface area contributed by atoms with Crippen molar-refractivity contribution in [3.63, 3.8) is 0 Å². The minimum Gasteiger partial charge on any atom is -0.470 e. The van der Waals surface area contributed by atoms with Crippen LogP contribution in [0.5, 0.6) is 0 Å². The van der Waals surface area contributed by atoms with Crippen LogP contribution in [-0.2, 0) is 9.53 Å². The highest BCUT2D eigenvalue weighted by Crippen LogP contribution is 1.81. The molecule has 0 amide bonds. The standard InChI is InChI=1S/C5H6N2O2/c1-3-9-5(8)4(6)7-2/h6H,3H2,1H3. The van der Waals surface area contributed by atoms with Gasteiger partial charge in [0.1, 0.15) is 0 Å². The molecule has 0 spiro atoms. The summed E-state index contributed by atoms with van der Waals surface area (Å²) in [4.78, 5) is 12.9. The molecule has 0 aromatic carbocycles. The molecule has 0 rings (SSSR count). The van der Waals surface area contributed by atoms with Crippen LogP contribution in [0.25, 0.3) is 4.85 Å². The molecule has 0 fully saturated rings. The molecule has 0 heterocycles. The van der Waals surface area contributed by atoms with Crippen LogP contribution in [0.2, 0.25) is 0 Å². The van der Waals surface area contributed by atoms with Gasteiger partial charge in [0.05, 0.1) is 6.61 Å². The van der Waals surface area contributed by atoms with E-state index in [0.717, 1.165) is 0 Å². The molecule has 48 valence electrons. The fourth-order valence-corrected chi connectivity index (χ4v) is 0.245. The van der Waals surface area contributed by atoms with Crippen molar-refractivity contribution >= 4 is 11.8 Å².